The third-order valence-electron chi connectivity index (χ3n) is 2.79. The van der Waals surface area contributed by atoms with Crippen LogP contribution in [0.15, 0.2) is 10.9 Å². The van der Waals surface area contributed by atoms with Crippen LogP contribution in [-0.4, -0.2) is 48.2 Å². The highest BCUT2D eigenvalue weighted by Gasteiger charge is 2.21. The molecular formula is C11H18N4O2. The molecule has 2 heterocycles. The van der Waals surface area contributed by atoms with E-state index in [1.165, 1.54) is 6.07 Å². The molecule has 1 aromatic heterocycles. The molecule has 0 bridgehead atoms. The molecule has 2 rings (SSSR count). The molecule has 17 heavy (non-hydrogen) atoms. The van der Waals surface area contributed by atoms with Crippen LogP contribution in [0, 0.1) is 0 Å². The van der Waals surface area contributed by atoms with Crippen LogP contribution in [0.3, 0.4) is 0 Å². The van der Waals surface area contributed by atoms with Crippen molar-refractivity contribution in [3.05, 3.63) is 27.9 Å². The van der Waals surface area contributed by atoms with Gasteiger partial charge in [0, 0.05) is 31.3 Å². The van der Waals surface area contributed by atoms with E-state index in [4.69, 9.17) is 10.5 Å². The molecule has 0 aromatic carbocycles. The Kier molecular flexibility index (Phi) is 3.88. The third-order valence-corrected chi connectivity index (χ3v) is 2.79. The Bertz CT molecular complexity index is 432. The number of hydrogen-bond acceptors (Lipinski definition) is 5. The lowest BCUT2D eigenvalue weighted by molar-refractivity contribution is -0.0257. The number of rotatable bonds is 3. The average Bonchev–Trinajstić information content (AvgIpc) is 2.28. The molecule has 1 aromatic rings. The molecule has 1 saturated heterocycles. The number of aromatic nitrogens is 2. The lowest BCUT2D eigenvalue weighted by Crippen LogP contribution is -2.36. The Hall–Kier alpha value is -1.24. The molecule has 1 aliphatic rings. The van der Waals surface area contributed by atoms with Gasteiger partial charge < -0.3 is 20.4 Å². The number of hydrogen-bond donors (Lipinski definition) is 2. The van der Waals surface area contributed by atoms with Crippen molar-refractivity contribution in [1.82, 2.24) is 14.9 Å². The molecule has 94 valence electrons. The molecule has 0 saturated carbocycles. The normalized spacial score (nSPS) is 21.6. The number of aromatic amines is 1. The highest BCUT2D eigenvalue weighted by atomic mass is 16.5. The second-order valence-corrected chi connectivity index (χ2v) is 4.28. The minimum atomic E-state index is -0.154. The van der Waals surface area contributed by atoms with Crippen LogP contribution in [0.5, 0.6) is 0 Å². The van der Waals surface area contributed by atoms with E-state index in [9.17, 15) is 4.79 Å². The van der Waals surface area contributed by atoms with E-state index >= 15 is 0 Å². The molecule has 3 N–H and O–H groups in total. The minimum absolute atomic E-state index is 0.143. The van der Waals surface area contributed by atoms with Crippen molar-refractivity contribution in [2.75, 3.05) is 33.3 Å². The maximum absolute atomic E-state index is 11.5. The topological polar surface area (TPSA) is 84.2 Å². The first kappa shape index (κ1) is 12.2. The maximum Gasteiger partial charge on any atom is 0.251 e. The van der Waals surface area contributed by atoms with E-state index in [0.717, 1.165) is 18.8 Å². The van der Waals surface area contributed by atoms with E-state index in [1.807, 2.05) is 7.05 Å². The molecule has 0 amide bonds. The molecule has 6 nitrogen and oxygen atoms in total. The molecule has 6 heteroatoms. The standard InChI is InChI=1S/C11H18N4O2/c1-15-4-5-17-9(7-15)11-13-8(2-3-12)6-10(16)14-11/h6,9H,2-5,7,12H2,1H3,(H,13,14,16). The van der Waals surface area contributed by atoms with Crippen molar-refractivity contribution < 1.29 is 4.74 Å². The van der Waals surface area contributed by atoms with Crippen LogP contribution in [0.2, 0.25) is 0 Å². The van der Waals surface area contributed by atoms with Gasteiger partial charge in [-0.05, 0) is 13.6 Å². The first-order valence-corrected chi connectivity index (χ1v) is 5.79. The zero-order valence-electron chi connectivity index (χ0n) is 9.98. The van der Waals surface area contributed by atoms with Gasteiger partial charge in [0.05, 0.1) is 6.61 Å². The minimum Gasteiger partial charge on any atom is -0.368 e. The average molecular weight is 238 g/mol. The highest BCUT2D eigenvalue weighted by molar-refractivity contribution is 5.06. The number of nitrogens with one attached hydrogen (secondary N) is 1. The Labute approximate surface area is 99.8 Å². The summed E-state index contributed by atoms with van der Waals surface area (Å²) in [6, 6.07) is 1.49. The molecule has 1 aliphatic heterocycles. The summed E-state index contributed by atoms with van der Waals surface area (Å²) < 4.78 is 5.62. The lowest BCUT2D eigenvalue weighted by atomic mass is 10.2. The Morgan fingerprint density at radius 3 is 3.24 bits per heavy atom. The van der Waals surface area contributed by atoms with Crippen LogP contribution < -0.4 is 11.3 Å². The van der Waals surface area contributed by atoms with Crippen molar-refractivity contribution in [3.63, 3.8) is 0 Å². The van der Waals surface area contributed by atoms with Crippen molar-refractivity contribution in [3.8, 4) is 0 Å². The van der Waals surface area contributed by atoms with Crippen LogP contribution >= 0.6 is 0 Å². The fourth-order valence-electron chi connectivity index (χ4n) is 1.90. The van der Waals surface area contributed by atoms with Crippen molar-refractivity contribution in [2.24, 2.45) is 5.73 Å². The predicted octanol–water partition coefficient (Wildman–Crippen LogP) is -0.726. The number of morpholine rings is 1. The Morgan fingerprint density at radius 2 is 2.53 bits per heavy atom. The van der Waals surface area contributed by atoms with Crippen molar-refractivity contribution in [2.45, 2.75) is 12.5 Å². The van der Waals surface area contributed by atoms with Gasteiger partial charge in [-0.3, -0.25) is 4.79 Å². The van der Waals surface area contributed by atoms with Gasteiger partial charge in [0.15, 0.2) is 0 Å². The fraction of sp³-hybridized carbons (Fsp3) is 0.636. The van der Waals surface area contributed by atoms with Gasteiger partial charge in [-0.25, -0.2) is 4.98 Å². The quantitative estimate of drug-likeness (QED) is 0.725. The third kappa shape index (κ3) is 3.12. The van der Waals surface area contributed by atoms with Gasteiger partial charge >= 0.3 is 0 Å². The fourth-order valence-corrected chi connectivity index (χ4v) is 1.90. The number of likely N-dealkylation sites (N-methyl/N-ethyl adjacent to an activating group) is 1. The molecule has 0 aliphatic carbocycles. The van der Waals surface area contributed by atoms with Crippen LogP contribution in [0.1, 0.15) is 17.6 Å². The van der Waals surface area contributed by atoms with Gasteiger partial charge in [0.1, 0.15) is 11.9 Å². The highest BCUT2D eigenvalue weighted by Crippen LogP contribution is 2.17. The van der Waals surface area contributed by atoms with E-state index in [-0.39, 0.29) is 11.7 Å². The summed E-state index contributed by atoms with van der Waals surface area (Å²) in [6.07, 6.45) is 0.457. The lowest BCUT2D eigenvalue weighted by Gasteiger charge is -2.29. The van der Waals surface area contributed by atoms with E-state index < -0.39 is 0 Å². The summed E-state index contributed by atoms with van der Waals surface area (Å²) in [7, 11) is 2.03. The second kappa shape index (κ2) is 5.39. The van der Waals surface area contributed by atoms with E-state index in [2.05, 4.69) is 14.9 Å². The largest absolute Gasteiger partial charge is 0.368 e. The molecule has 1 unspecified atom stereocenters. The summed E-state index contributed by atoms with van der Waals surface area (Å²) in [5.74, 6) is 0.604. The van der Waals surface area contributed by atoms with Crippen molar-refractivity contribution in [1.29, 1.82) is 0 Å². The van der Waals surface area contributed by atoms with Gasteiger partial charge in [0.2, 0.25) is 0 Å². The summed E-state index contributed by atoms with van der Waals surface area (Å²) in [5, 5.41) is 0. The van der Waals surface area contributed by atoms with Crippen molar-refractivity contribution >= 4 is 0 Å². The smallest absolute Gasteiger partial charge is 0.251 e. The molecule has 1 fully saturated rings. The van der Waals surface area contributed by atoms with Gasteiger partial charge in [0.25, 0.3) is 5.56 Å². The molecule has 0 radical (unpaired) electrons. The number of ether oxygens (including phenoxy) is 1. The number of nitrogens with two attached hydrogens (primary N) is 1. The summed E-state index contributed by atoms with van der Waals surface area (Å²) >= 11 is 0. The summed E-state index contributed by atoms with van der Waals surface area (Å²) in [4.78, 5) is 20.8. The number of nitrogens with zero attached hydrogens (tertiary/aromatic N) is 2. The predicted molar refractivity (Wildman–Crippen MR) is 63.8 cm³/mol. The van der Waals surface area contributed by atoms with Gasteiger partial charge in [-0.2, -0.15) is 0 Å². The number of H-pyrrole nitrogens is 1. The van der Waals surface area contributed by atoms with Crippen LogP contribution in [0.25, 0.3) is 0 Å². The second-order valence-electron chi connectivity index (χ2n) is 4.28. The van der Waals surface area contributed by atoms with Crippen LogP contribution in [-0.2, 0) is 11.2 Å². The zero-order valence-corrected chi connectivity index (χ0v) is 9.98. The monoisotopic (exact) mass is 238 g/mol. The summed E-state index contributed by atoms with van der Waals surface area (Å²) in [5.41, 5.74) is 6.05. The molecule has 1 atom stereocenters. The van der Waals surface area contributed by atoms with Gasteiger partial charge in [-0.1, -0.05) is 0 Å². The molecule has 0 spiro atoms. The van der Waals surface area contributed by atoms with E-state index in [1.54, 1.807) is 0 Å². The first-order chi connectivity index (χ1) is 8.19. The SMILES string of the molecule is CN1CCOC(c2nc(CCN)cc(=O)[nH]2)C1. The summed E-state index contributed by atoms with van der Waals surface area (Å²) in [6.45, 7) is 2.80. The van der Waals surface area contributed by atoms with Crippen LogP contribution in [0.4, 0.5) is 0 Å². The first-order valence-electron chi connectivity index (χ1n) is 5.79. The zero-order chi connectivity index (χ0) is 12.3. The molecular weight excluding hydrogens is 220 g/mol. The Morgan fingerprint density at radius 1 is 1.71 bits per heavy atom. The van der Waals surface area contributed by atoms with E-state index in [0.29, 0.717) is 25.4 Å². The maximum atomic E-state index is 11.5. The Balaban J connectivity index is 2.21. The van der Waals surface area contributed by atoms with Gasteiger partial charge in [-0.15, -0.1) is 0 Å².